The highest BCUT2D eigenvalue weighted by Gasteiger charge is 2.25. The molecule has 14 nitrogen and oxygen atoms in total. The Labute approximate surface area is 274 Å². The molecule has 1 aromatic carbocycles. The number of thiophene rings is 1. The number of nitrogens with zero attached hydrogens (tertiary/aromatic N) is 4. The van der Waals surface area contributed by atoms with Crippen LogP contribution < -0.4 is 31.7 Å². The molecule has 4 aromatic rings. The first kappa shape index (κ1) is 34.1. The molecular formula is C29H35N9O5S3. The molecular weight excluding hydrogens is 651 g/mol. The number of aromatic nitrogens is 2. The standard InChI is InChI=1S/C29H35N9O5S3/c1-2-38(17-19-8-12-32-13-9-19)29-35-21(18-45-29)16-34-20-5-3-6-22(15-20)46(42,43)37-23-10-14-44-25(23)26(39)36-24(27(40)41)7-4-11-33-28(30)31/h3,5-6,8-10,12-15,18,24,34,37H,2,4,7,11,16-17H2,1H3,(H,36,39)(H,40,41)(H4,30,31,33)/t24-/m0/s1. The van der Waals surface area contributed by atoms with E-state index in [2.05, 4.69) is 37.2 Å². The number of benzene rings is 1. The van der Waals surface area contributed by atoms with Crippen molar-refractivity contribution in [2.75, 3.05) is 28.0 Å². The number of pyridine rings is 1. The number of guanidine groups is 1. The van der Waals surface area contributed by atoms with Crippen LogP contribution in [0.15, 0.2) is 75.5 Å². The summed E-state index contributed by atoms with van der Waals surface area (Å²) >= 11 is 2.52. The van der Waals surface area contributed by atoms with Crippen LogP contribution in [0, 0.1) is 0 Å². The Bertz CT molecular complexity index is 1760. The number of carbonyl (C=O) groups excluding carboxylic acids is 1. The highest BCUT2D eigenvalue weighted by atomic mass is 32.2. The van der Waals surface area contributed by atoms with E-state index in [1.165, 1.54) is 34.9 Å². The van der Waals surface area contributed by atoms with Crippen LogP contribution in [0.1, 0.15) is 40.7 Å². The lowest BCUT2D eigenvalue weighted by Crippen LogP contribution is -2.40. The van der Waals surface area contributed by atoms with Gasteiger partial charge >= 0.3 is 5.97 Å². The molecule has 0 spiro atoms. The first-order valence-electron chi connectivity index (χ1n) is 14.2. The Morgan fingerprint density at radius 1 is 1.13 bits per heavy atom. The lowest BCUT2D eigenvalue weighted by atomic mass is 10.1. The number of sulfonamides is 1. The van der Waals surface area contributed by atoms with Crippen molar-refractivity contribution in [3.05, 3.63) is 81.8 Å². The van der Waals surface area contributed by atoms with E-state index in [0.29, 0.717) is 25.2 Å². The second kappa shape index (κ2) is 16.0. The topological polar surface area (TPSA) is 218 Å². The van der Waals surface area contributed by atoms with Crippen LogP contribution in [0.5, 0.6) is 0 Å². The van der Waals surface area contributed by atoms with Crippen LogP contribution in [0.25, 0.3) is 0 Å². The van der Waals surface area contributed by atoms with E-state index in [1.807, 2.05) is 17.5 Å². The summed E-state index contributed by atoms with van der Waals surface area (Å²) in [7, 11) is -4.10. The van der Waals surface area contributed by atoms with Crippen molar-refractivity contribution < 1.29 is 23.1 Å². The van der Waals surface area contributed by atoms with Gasteiger partial charge in [-0.2, -0.15) is 0 Å². The summed E-state index contributed by atoms with van der Waals surface area (Å²) in [5.74, 6) is -2.07. The molecule has 8 N–H and O–H groups in total. The van der Waals surface area contributed by atoms with E-state index in [9.17, 15) is 23.1 Å². The number of rotatable bonds is 17. The number of hydrogen-bond acceptors (Lipinski definition) is 11. The van der Waals surface area contributed by atoms with Crippen LogP contribution in [0.3, 0.4) is 0 Å². The highest BCUT2D eigenvalue weighted by Crippen LogP contribution is 2.27. The first-order chi connectivity index (χ1) is 22.1. The molecule has 0 unspecified atom stereocenters. The lowest BCUT2D eigenvalue weighted by Gasteiger charge is -2.19. The summed E-state index contributed by atoms with van der Waals surface area (Å²) in [6.07, 6.45) is 3.92. The second-order valence-electron chi connectivity index (χ2n) is 9.95. The summed E-state index contributed by atoms with van der Waals surface area (Å²) in [5.41, 5.74) is 13.1. The number of carboxylic acid groups (broad SMARTS) is 1. The normalized spacial score (nSPS) is 11.8. The van der Waals surface area contributed by atoms with Gasteiger partial charge in [0, 0.05) is 43.1 Å². The number of carboxylic acids is 1. The molecule has 3 heterocycles. The van der Waals surface area contributed by atoms with E-state index in [4.69, 9.17) is 16.5 Å². The van der Waals surface area contributed by atoms with Gasteiger partial charge in [0.25, 0.3) is 15.9 Å². The molecule has 0 radical (unpaired) electrons. The van der Waals surface area contributed by atoms with Crippen molar-refractivity contribution in [3.63, 3.8) is 0 Å². The monoisotopic (exact) mass is 685 g/mol. The zero-order valence-corrected chi connectivity index (χ0v) is 27.4. The van der Waals surface area contributed by atoms with Gasteiger partial charge in [-0.05, 0) is 67.1 Å². The van der Waals surface area contributed by atoms with E-state index in [0.717, 1.165) is 34.3 Å². The summed E-state index contributed by atoms with van der Waals surface area (Å²) in [4.78, 5) is 39.4. The number of aliphatic carboxylic acids is 1. The van der Waals surface area contributed by atoms with Gasteiger partial charge in [0.15, 0.2) is 11.1 Å². The Hall–Kier alpha value is -4.74. The van der Waals surface area contributed by atoms with Gasteiger partial charge < -0.3 is 32.1 Å². The molecule has 0 aliphatic heterocycles. The molecule has 46 heavy (non-hydrogen) atoms. The molecule has 4 rings (SSSR count). The van der Waals surface area contributed by atoms with E-state index < -0.39 is 27.9 Å². The van der Waals surface area contributed by atoms with Crippen molar-refractivity contribution >= 4 is 67.0 Å². The van der Waals surface area contributed by atoms with Gasteiger partial charge in [-0.1, -0.05) is 6.07 Å². The first-order valence-corrected chi connectivity index (χ1v) is 17.4. The van der Waals surface area contributed by atoms with Gasteiger partial charge in [-0.25, -0.2) is 18.2 Å². The number of thiazole rings is 1. The van der Waals surface area contributed by atoms with Crippen LogP contribution in [0.4, 0.5) is 16.5 Å². The number of nitrogens with one attached hydrogen (secondary N) is 3. The highest BCUT2D eigenvalue weighted by molar-refractivity contribution is 7.92. The fourth-order valence-electron chi connectivity index (χ4n) is 4.27. The maximum absolute atomic E-state index is 13.3. The van der Waals surface area contributed by atoms with E-state index >= 15 is 0 Å². The third-order valence-electron chi connectivity index (χ3n) is 6.60. The minimum Gasteiger partial charge on any atom is -0.480 e. The average molecular weight is 686 g/mol. The fourth-order valence-corrected chi connectivity index (χ4v) is 7.09. The molecule has 1 atom stereocenters. The third kappa shape index (κ3) is 9.63. The predicted octanol–water partition coefficient (Wildman–Crippen LogP) is 3.28. The molecule has 17 heteroatoms. The van der Waals surface area contributed by atoms with Crippen molar-refractivity contribution in [2.24, 2.45) is 16.5 Å². The van der Waals surface area contributed by atoms with Crippen LogP contribution in [0.2, 0.25) is 0 Å². The van der Waals surface area contributed by atoms with Crippen molar-refractivity contribution in [3.8, 4) is 0 Å². The minimum absolute atomic E-state index is 0.0216. The molecule has 244 valence electrons. The Morgan fingerprint density at radius 2 is 1.91 bits per heavy atom. The van der Waals surface area contributed by atoms with E-state index in [1.54, 1.807) is 24.5 Å². The molecule has 1 amide bonds. The second-order valence-corrected chi connectivity index (χ2v) is 13.4. The number of anilines is 3. The largest absolute Gasteiger partial charge is 0.480 e. The smallest absolute Gasteiger partial charge is 0.326 e. The zero-order valence-electron chi connectivity index (χ0n) is 24.9. The molecule has 3 aromatic heterocycles. The molecule has 0 bridgehead atoms. The zero-order chi connectivity index (χ0) is 33.1. The summed E-state index contributed by atoms with van der Waals surface area (Å²) in [6, 6.07) is 10.5. The third-order valence-corrected chi connectivity index (χ3v) is 9.82. The molecule has 0 aliphatic carbocycles. The number of hydrogen-bond donors (Lipinski definition) is 6. The van der Waals surface area contributed by atoms with Crippen molar-refractivity contribution in [2.45, 2.75) is 43.8 Å². The number of carbonyl (C=O) groups is 2. The van der Waals surface area contributed by atoms with Gasteiger partial charge in [0.05, 0.1) is 22.8 Å². The summed E-state index contributed by atoms with van der Waals surface area (Å²) in [6.45, 7) is 4.14. The average Bonchev–Trinajstić information content (AvgIpc) is 3.70. The summed E-state index contributed by atoms with van der Waals surface area (Å²) in [5, 5.41) is 19.6. The van der Waals surface area contributed by atoms with E-state index in [-0.39, 0.29) is 34.4 Å². The van der Waals surface area contributed by atoms with Crippen LogP contribution in [-0.4, -0.2) is 60.5 Å². The maximum Gasteiger partial charge on any atom is 0.326 e. The maximum atomic E-state index is 13.3. The van der Waals surface area contributed by atoms with Crippen molar-refractivity contribution in [1.29, 1.82) is 0 Å². The lowest BCUT2D eigenvalue weighted by molar-refractivity contribution is -0.139. The van der Waals surface area contributed by atoms with Crippen LogP contribution >= 0.6 is 22.7 Å². The number of aliphatic imine (C=N–C) groups is 1. The van der Waals surface area contributed by atoms with Gasteiger partial charge in [-0.3, -0.25) is 19.5 Å². The van der Waals surface area contributed by atoms with Gasteiger partial charge in [0.2, 0.25) is 0 Å². The van der Waals surface area contributed by atoms with Crippen molar-refractivity contribution in [1.82, 2.24) is 15.3 Å². The number of amides is 1. The van der Waals surface area contributed by atoms with Gasteiger partial charge in [-0.15, -0.1) is 22.7 Å². The quantitative estimate of drug-likeness (QED) is 0.0538. The minimum atomic E-state index is -4.10. The Balaban J connectivity index is 1.38. The predicted molar refractivity (Wildman–Crippen MR) is 181 cm³/mol. The number of nitrogens with two attached hydrogens (primary N) is 2. The molecule has 0 fully saturated rings. The SMILES string of the molecule is CCN(Cc1ccncc1)c1nc(CNc2cccc(S(=O)(=O)Nc3ccsc3C(=O)N[C@@H](CCCN=C(N)N)C(=O)O)c2)cs1. The van der Waals surface area contributed by atoms with Crippen LogP contribution in [-0.2, 0) is 27.9 Å². The Morgan fingerprint density at radius 3 is 2.63 bits per heavy atom. The Kier molecular flexibility index (Phi) is 11.9. The molecule has 0 aliphatic rings. The fraction of sp³-hybridized carbons (Fsp3) is 0.276. The summed E-state index contributed by atoms with van der Waals surface area (Å²) < 4.78 is 29.1. The van der Waals surface area contributed by atoms with Gasteiger partial charge in [0.1, 0.15) is 10.9 Å². The molecule has 0 saturated heterocycles. The molecule has 0 saturated carbocycles.